The third kappa shape index (κ3) is 6.39. The molecule has 40 valence electrons. The Balaban J connectivity index is 2.68. The van der Waals surface area contributed by atoms with E-state index >= 15 is 0 Å². The molecule has 0 spiro atoms. The van der Waals surface area contributed by atoms with Gasteiger partial charge >= 0.3 is 0 Å². The third-order valence-electron chi connectivity index (χ3n) is 0.397. The topological polar surface area (TPSA) is 9.23 Å². The van der Waals surface area contributed by atoms with Crippen LogP contribution >= 0.6 is 0 Å². The molecule has 0 aliphatic heterocycles. The molecule has 0 unspecified atom stereocenters. The average molecular weight is 130 g/mol. The van der Waals surface area contributed by atoms with E-state index in [-0.39, 0.29) is 0 Å². The molecule has 0 atom stereocenters. The Morgan fingerprint density at radius 3 is 2.14 bits per heavy atom. The van der Waals surface area contributed by atoms with Crippen LogP contribution in [-0.2, 0) is 4.12 Å². The maximum atomic E-state index is 5.15. The standard InChI is InChI=1S/C4H10OSi2/c1-4(2)7-5-6-3/h4H,1-3H3. The largest absolute Gasteiger partial charge is 0.457 e. The predicted molar refractivity (Wildman–Crippen MR) is 33.6 cm³/mol. The van der Waals surface area contributed by atoms with Gasteiger partial charge in [0.05, 0.1) is 0 Å². The predicted octanol–water partition coefficient (Wildman–Crippen LogP) is 1.12. The van der Waals surface area contributed by atoms with Crippen LogP contribution in [0.2, 0.25) is 12.1 Å². The zero-order valence-corrected chi connectivity index (χ0v) is 6.99. The second kappa shape index (κ2) is 4.55. The third-order valence-corrected chi connectivity index (χ3v) is 2.16. The number of hydrogen-bond acceptors (Lipinski definition) is 1. The van der Waals surface area contributed by atoms with Crippen LogP contribution in [0.15, 0.2) is 0 Å². The van der Waals surface area contributed by atoms with E-state index in [0.29, 0.717) is 25.1 Å². The molecular weight excluding hydrogens is 120 g/mol. The SMILES string of the molecule is C[Si]O[Si]C(C)C. The van der Waals surface area contributed by atoms with Gasteiger partial charge in [-0.2, -0.15) is 0 Å². The molecule has 0 rings (SSSR count). The number of hydrogen-bond donors (Lipinski definition) is 0. The minimum atomic E-state index is 0.663. The van der Waals surface area contributed by atoms with Gasteiger partial charge in [-0.15, -0.1) is 0 Å². The highest BCUT2D eigenvalue weighted by atomic mass is 28.3. The maximum Gasteiger partial charge on any atom is 0.217 e. The lowest BCUT2D eigenvalue weighted by Crippen LogP contribution is -2.03. The molecule has 0 saturated heterocycles. The minimum absolute atomic E-state index is 0.663. The Kier molecular flexibility index (Phi) is 4.81. The lowest BCUT2D eigenvalue weighted by atomic mass is 10.6. The van der Waals surface area contributed by atoms with E-state index < -0.39 is 0 Å². The summed E-state index contributed by atoms with van der Waals surface area (Å²) in [5.41, 5.74) is 0.715. The van der Waals surface area contributed by atoms with Gasteiger partial charge in [0.15, 0.2) is 0 Å². The Bertz CT molecular complexity index is 38.7. The highest BCUT2D eigenvalue weighted by molar-refractivity contribution is 6.42. The first-order valence-electron chi connectivity index (χ1n) is 2.35. The molecule has 0 aliphatic rings. The van der Waals surface area contributed by atoms with E-state index in [2.05, 4.69) is 20.4 Å². The van der Waals surface area contributed by atoms with Gasteiger partial charge in [0.2, 0.25) is 19.5 Å². The van der Waals surface area contributed by atoms with Crippen molar-refractivity contribution in [1.82, 2.24) is 0 Å². The number of rotatable bonds is 3. The first kappa shape index (κ1) is 7.39. The smallest absolute Gasteiger partial charge is 0.217 e. The van der Waals surface area contributed by atoms with Gasteiger partial charge in [0.1, 0.15) is 0 Å². The molecule has 0 aromatic rings. The van der Waals surface area contributed by atoms with Gasteiger partial charge in [0.25, 0.3) is 0 Å². The van der Waals surface area contributed by atoms with Gasteiger partial charge in [-0.3, -0.25) is 0 Å². The van der Waals surface area contributed by atoms with Crippen molar-refractivity contribution >= 4 is 19.5 Å². The summed E-state index contributed by atoms with van der Waals surface area (Å²) in [4.78, 5) is 0. The molecule has 0 bridgehead atoms. The fraction of sp³-hybridized carbons (Fsp3) is 1.00. The summed E-state index contributed by atoms with van der Waals surface area (Å²) in [5.74, 6) is 0. The van der Waals surface area contributed by atoms with Crippen LogP contribution in [0, 0.1) is 0 Å². The van der Waals surface area contributed by atoms with Crippen LogP contribution in [0.4, 0.5) is 0 Å². The summed E-state index contributed by atoms with van der Waals surface area (Å²) in [5, 5.41) is 0. The lowest BCUT2D eigenvalue weighted by molar-refractivity contribution is 0.628. The Hall–Kier alpha value is 0.394. The molecule has 4 radical (unpaired) electrons. The molecule has 0 N–H and O–H groups in total. The Morgan fingerprint density at radius 1 is 1.43 bits per heavy atom. The highest BCUT2D eigenvalue weighted by Crippen LogP contribution is 1.94. The van der Waals surface area contributed by atoms with Gasteiger partial charge in [-0.1, -0.05) is 13.8 Å². The van der Waals surface area contributed by atoms with E-state index in [4.69, 9.17) is 4.12 Å². The molecule has 3 heteroatoms. The zero-order chi connectivity index (χ0) is 5.70. The van der Waals surface area contributed by atoms with Crippen molar-refractivity contribution in [3.05, 3.63) is 0 Å². The highest BCUT2D eigenvalue weighted by Gasteiger charge is 1.93. The van der Waals surface area contributed by atoms with Crippen LogP contribution in [0.25, 0.3) is 0 Å². The van der Waals surface area contributed by atoms with Crippen molar-refractivity contribution in [3.63, 3.8) is 0 Å². The first-order chi connectivity index (χ1) is 3.27. The van der Waals surface area contributed by atoms with Crippen molar-refractivity contribution in [2.24, 2.45) is 0 Å². The van der Waals surface area contributed by atoms with Crippen molar-refractivity contribution in [1.29, 1.82) is 0 Å². The second-order valence-corrected chi connectivity index (χ2v) is 4.19. The van der Waals surface area contributed by atoms with Gasteiger partial charge < -0.3 is 4.12 Å². The molecule has 0 aromatic carbocycles. The van der Waals surface area contributed by atoms with E-state index in [1.165, 1.54) is 0 Å². The van der Waals surface area contributed by atoms with E-state index in [9.17, 15) is 0 Å². The van der Waals surface area contributed by atoms with Crippen molar-refractivity contribution < 1.29 is 4.12 Å². The van der Waals surface area contributed by atoms with E-state index in [1.54, 1.807) is 0 Å². The lowest BCUT2D eigenvalue weighted by Gasteiger charge is -1.98. The second-order valence-electron chi connectivity index (χ2n) is 1.58. The summed E-state index contributed by atoms with van der Waals surface area (Å²) >= 11 is 0. The maximum absolute atomic E-state index is 5.15. The van der Waals surface area contributed by atoms with Gasteiger partial charge in [0, 0.05) is 0 Å². The molecular formula is C4H10OSi2. The monoisotopic (exact) mass is 130 g/mol. The van der Waals surface area contributed by atoms with Crippen molar-refractivity contribution in [2.75, 3.05) is 0 Å². The van der Waals surface area contributed by atoms with Gasteiger partial charge in [-0.25, -0.2) is 0 Å². The molecule has 0 aromatic heterocycles. The van der Waals surface area contributed by atoms with Crippen LogP contribution < -0.4 is 0 Å². The normalized spacial score (nSPS) is 10.3. The molecule has 0 amide bonds. The Morgan fingerprint density at radius 2 is 2.00 bits per heavy atom. The molecule has 0 fully saturated rings. The molecule has 0 saturated carbocycles. The first-order valence-corrected chi connectivity index (χ1v) is 4.75. The van der Waals surface area contributed by atoms with Gasteiger partial charge in [-0.05, 0) is 12.1 Å². The fourth-order valence-corrected chi connectivity index (χ4v) is 1.59. The Labute approximate surface area is 50.3 Å². The summed E-state index contributed by atoms with van der Waals surface area (Å²) < 4.78 is 5.15. The van der Waals surface area contributed by atoms with Crippen molar-refractivity contribution in [2.45, 2.75) is 25.9 Å². The molecule has 7 heavy (non-hydrogen) atoms. The average Bonchev–Trinajstić information content (AvgIpc) is 1.61. The molecule has 0 heterocycles. The quantitative estimate of drug-likeness (QED) is 0.520. The molecule has 0 aliphatic carbocycles. The minimum Gasteiger partial charge on any atom is -0.457 e. The van der Waals surface area contributed by atoms with E-state index in [0.717, 1.165) is 0 Å². The summed E-state index contributed by atoms with van der Waals surface area (Å²) in [6.07, 6.45) is 0. The summed E-state index contributed by atoms with van der Waals surface area (Å²) in [7, 11) is 1.36. The molecule has 1 nitrogen and oxygen atoms in total. The van der Waals surface area contributed by atoms with Crippen LogP contribution in [-0.4, -0.2) is 19.5 Å². The summed E-state index contributed by atoms with van der Waals surface area (Å²) in [6.45, 7) is 6.38. The zero-order valence-electron chi connectivity index (χ0n) is 4.99. The van der Waals surface area contributed by atoms with E-state index in [1.807, 2.05) is 0 Å². The van der Waals surface area contributed by atoms with Crippen LogP contribution in [0.5, 0.6) is 0 Å². The van der Waals surface area contributed by atoms with Crippen LogP contribution in [0.1, 0.15) is 13.8 Å². The van der Waals surface area contributed by atoms with Crippen molar-refractivity contribution in [3.8, 4) is 0 Å². The fourth-order valence-electron chi connectivity index (χ4n) is 0.177. The van der Waals surface area contributed by atoms with Crippen LogP contribution in [0.3, 0.4) is 0 Å². The summed E-state index contributed by atoms with van der Waals surface area (Å²) in [6, 6.07) is 0.